The Hall–Kier alpha value is -0.530. The summed E-state index contributed by atoms with van der Waals surface area (Å²) in [6.45, 7) is 8.29. The number of carbonyl (C=O) groups excluding carboxylic acids is 1. The quantitative estimate of drug-likeness (QED) is 0.594. The molecule has 11 heavy (non-hydrogen) atoms. The zero-order valence-corrected chi connectivity index (χ0v) is 7.68. The predicted octanol–water partition coefficient (Wildman–Crippen LogP) is 1.65. The van der Waals surface area contributed by atoms with Crippen molar-refractivity contribution >= 4 is 5.91 Å². The zero-order valence-electron chi connectivity index (χ0n) is 7.68. The van der Waals surface area contributed by atoms with E-state index in [2.05, 4.69) is 13.8 Å². The Kier molecular flexibility index (Phi) is 2.21. The van der Waals surface area contributed by atoms with E-state index in [1.165, 1.54) is 6.42 Å². The smallest absolute Gasteiger partial charge is 0.222 e. The van der Waals surface area contributed by atoms with E-state index in [0.29, 0.717) is 17.7 Å². The van der Waals surface area contributed by atoms with Crippen LogP contribution in [-0.4, -0.2) is 23.9 Å². The van der Waals surface area contributed by atoms with Gasteiger partial charge in [-0.25, -0.2) is 0 Å². The summed E-state index contributed by atoms with van der Waals surface area (Å²) in [5.74, 6) is 0.302. The molecular weight excluding hydrogens is 138 g/mol. The van der Waals surface area contributed by atoms with E-state index < -0.39 is 0 Å². The fourth-order valence-corrected chi connectivity index (χ4v) is 1.50. The van der Waals surface area contributed by atoms with Crippen LogP contribution in [0.3, 0.4) is 0 Å². The van der Waals surface area contributed by atoms with Crippen LogP contribution in [0.1, 0.15) is 33.6 Å². The molecule has 1 aliphatic heterocycles. The monoisotopic (exact) mass is 155 g/mol. The standard InChI is InChI=1S/C9H17NO/c1-4-8(11)10-6-9(3,5-2)7-10/h4-7H2,1-3H3. The molecule has 0 bridgehead atoms. The lowest BCUT2D eigenvalue weighted by Gasteiger charge is -2.47. The highest BCUT2D eigenvalue weighted by Gasteiger charge is 2.38. The molecule has 0 radical (unpaired) electrons. The van der Waals surface area contributed by atoms with Crippen LogP contribution in [0, 0.1) is 5.41 Å². The molecule has 0 aromatic heterocycles. The first-order valence-electron chi connectivity index (χ1n) is 4.39. The van der Waals surface area contributed by atoms with Crippen molar-refractivity contribution in [2.75, 3.05) is 13.1 Å². The van der Waals surface area contributed by atoms with Gasteiger partial charge in [0.05, 0.1) is 0 Å². The molecule has 0 spiro atoms. The Balaban J connectivity index is 2.34. The molecular formula is C9H17NO. The number of hydrogen-bond donors (Lipinski definition) is 0. The van der Waals surface area contributed by atoms with Gasteiger partial charge in [0.1, 0.15) is 0 Å². The topological polar surface area (TPSA) is 20.3 Å². The summed E-state index contributed by atoms with van der Waals surface area (Å²) in [4.78, 5) is 13.1. The average Bonchev–Trinajstić information content (AvgIpc) is 1.97. The average molecular weight is 155 g/mol. The first-order chi connectivity index (χ1) is 5.11. The van der Waals surface area contributed by atoms with E-state index in [0.717, 1.165) is 13.1 Å². The van der Waals surface area contributed by atoms with E-state index in [1.54, 1.807) is 0 Å². The molecule has 0 aliphatic carbocycles. The first kappa shape index (κ1) is 8.57. The highest BCUT2D eigenvalue weighted by atomic mass is 16.2. The van der Waals surface area contributed by atoms with E-state index in [1.807, 2.05) is 11.8 Å². The van der Waals surface area contributed by atoms with E-state index in [9.17, 15) is 4.79 Å². The van der Waals surface area contributed by atoms with Crippen LogP contribution >= 0.6 is 0 Å². The van der Waals surface area contributed by atoms with Crippen molar-refractivity contribution in [3.05, 3.63) is 0 Å². The maximum atomic E-state index is 11.1. The molecule has 1 aliphatic rings. The minimum Gasteiger partial charge on any atom is -0.341 e. The van der Waals surface area contributed by atoms with Crippen molar-refractivity contribution in [2.45, 2.75) is 33.6 Å². The fourth-order valence-electron chi connectivity index (χ4n) is 1.50. The molecule has 0 aromatic rings. The van der Waals surface area contributed by atoms with Crippen molar-refractivity contribution in [1.29, 1.82) is 0 Å². The largest absolute Gasteiger partial charge is 0.341 e. The van der Waals surface area contributed by atoms with Crippen LogP contribution in [0.2, 0.25) is 0 Å². The van der Waals surface area contributed by atoms with Crippen LogP contribution in [-0.2, 0) is 4.79 Å². The minimum atomic E-state index is 0.302. The highest BCUT2D eigenvalue weighted by molar-refractivity contribution is 5.76. The Morgan fingerprint density at radius 3 is 2.36 bits per heavy atom. The Labute approximate surface area is 68.6 Å². The lowest BCUT2D eigenvalue weighted by Crippen LogP contribution is -2.56. The summed E-state index contributed by atoms with van der Waals surface area (Å²) in [6, 6.07) is 0. The van der Waals surface area contributed by atoms with Gasteiger partial charge in [-0.05, 0) is 6.42 Å². The number of carbonyl (C=O) groups is 1. The Morgan fingerprint density at radius 2 is 2.00 bits per heavy atom. The molecule has 1 rings (SSSR count). The number of nitrogens with zero attached hydrogens (tertiary/aromatic N) is 1. The van der Waals surface area contributed by atoms with Gasteiger partial charge < -0.3 is 4.90 Å². The van der Waals surface area contributed by atoms with Crippen LogP contribution < -0.4 is 0 Å². The third-order valence-electron chi connectivity index (χ3n) is 2.65. The highest BCUT2D eigenvalue weighted by Crippen LogP contribution is 2.32. The van der Waals surface area contributed by atoms with Crippen LogP contribution in [0.5, 0.6) is 0 Å². The molecule has 1 heterocycles. The summed E-state index contributed by atoms with van der Waals surface area (Å²) >= 11 is 0. The van der Waals surface area contributed by atoms with Gasteiger partial charge in [-0.2, -0.15) is 0 Å². The van der Waals surface area contributed by atoms with Crippen molar-refractivity contribution in [2.24, 2.45) is 5.41 Å². The van der Waals surface area contributed by atoms with Gasteiger partial charge in [0, 0.05) is 24.9 Å². The summed E-state index contributed by atoms with van der Waals surface area (Å²) in [7, 11) is 0. The summed E-state index contributed by atoms with van der Waals surface area (Å²) < 4.78 is 0. The predicted molar refractivity (Wildman–Crippen MR) is 45.3 cm³/mol. The summed E-state index contributed by atoms with van der Waals surface area (Å²) in [5, 5.41) is 0. The van der Waals surface area contributed by atoms with Gasteiger partial charge in [-0.15, -0.1) is 0 Å². The normalized spacial score (nSPS) is 21.2. The van der Waals surface area contributed by atoms with Gasteiger partial charge in [0.25, 0.3) is 0 Å². The second kappa shape index (κ2) is 2.84. The lowest BCUT2D eigenvalue weighted by molar-refractivity contribution is -0.142. The fraction of sp³-hybridized carbons (Fsp3) is 0.889. The minimum absolute atomic E-state index is 0.302. The van der Waals surface area contributed by atoms with E-state index in [4.69, 9.17) is 0 Å². The molecule has 1 amide bonds. The van der Waals surface area contributed by atoms with Gasteiger partial charge in [-0.3, -0.25) is 4.79 Å². The van der Waals surface area contributed by atoms with Gasteiger partial charge in [-0.1, -0.05) is 20.8 Å². The summed E-state index contributed by atoms with van der Waals surface area (Å²) in [6.07, 6.45) is 1.83. The van der Waals surface area contributed by atoms with Gasteiger partial charge in [0.2, 0.25) is 5.91 Å². The maximum Gasteiger partial charge on any atom is 0.222 e. The van der Waals surface area contributed by atoms with Crippen LogP contribution in [0.4, 0.5) is 0 Å². The number of hydrogen-bond acceptors (Lipinski definition) is 1. The number of rotatable bonds is 2. The number of amides is 1. The third-order valence-corrected chi connectivity index (χ3v) is 2.65. The molecule has 0 atom stereocenters. The SMILES string of the molecule is CCC(=O)N1CC(C)(CC)C1. The molecule has 1 fully saturated rings. The third kappa shape index (κ3) is 1.55. The lowest BCUT2D eigenvalue weighted by atomic mass is 9.79. The molecule has 0 N–H and O–H groups in total. The van der Waals surface area contributed by atoms with Crippen molar-refractivity contribution < 1.29 is 4.79 Å². The van der Waals surface area contributed by atoms with Crippen molar-refractivity contribution in [3.63, 3.8) is 0 Å². The van der Waals surface area contributed by atoms with Crippen LogP contribution in [0.25, 0.3) is 0 Å². The second-order valence-corrected chi connectivity index (χ2v) is 3.77. The van der Waals surface area contributed by atoms with Crippen molar-refractivity contribution in [3.8, 4) is 0 Å². The van der Waals surface area contributed by atoms with Gasteiger partial charge >= 0.3 is 0 Å². The number of likely N-dealkylation sites (tertiary alicyclic amines) is 1. The summed E-state index contributed by atoms with van der Waals surface area (Å²) in [5.41, 5.74) is 0.421. The molecule has 64 valence electrons. The van der Waals surface area contributed by atoms with Crippen molar-refractivity contribution in [1.82, 2.24) is 4.90 Å². The molecule has 0 aromatic carbocycles. The first-order valence-corrected chi connectivity index (χ1v) is 4.39. The maximum absolute atomic E-state index is 11.1. The molecule has 2 heteroatoms. The molecule has 2 nitrogen and oxygen atoms in total. The Morgan fingerprint density at radius 1 is 1.45 bits per heavy atom. The zero-order chi connectivity index (χ0) is 8.48. The van der Waals surface area contributed by atoms with E-state index >= 15 is 0 Å². The van der Waals surface area contributed by atoms with Crippen LogP contribution in [0.15, 0.2) is 0 Å². The second-order valence-electron chi connectivity index (χ2n) is 3.77. The molecule has 0 unspecified atom stereocenters. The van der Waals surface area contributed by atoms with Gasteiger partial charge in [0.15, 0.2) is 0 Å². The molecule has 1 saturated heterocycles. The molecule has 0 saturated carbocycles. The van der Waals surface area contributed by atoms with E-state index in [-0.39, 0.29) is 0 Å². The Bertz CT molecular complexity index is 159.